The second-order valence-corrected chi connectivity index (χ2v) is 8.64. The highest BCUT2D eigenvalue weighted by atomic mass is 32.2. The van der Waals surface area contributed by atoms with Crippen LogP contribution in [0, 0.1) is 11.6 Å². The topological polar surface area (TPSA) is 117 Å². The van der Waals surface area contributed by atoms with Gasteiger partial charge in [0.05, 0.1) is 18.9 Å². The van der Waals surface area contributed by atoms with Gasteiger partial charge in [-0.3, -0.25) is 4.72 Å². The monoisotopic (exact) mass is 433 g/mol. The normalized spacial score (nSPS) is 12.6. The number of thioether (sulfide) groups is 1. The third kappa shape index (κ3) is 6.84. The van der Waals surface area contributed by atoms with Crippen LogP contribution in [0.2, 0.25) is 0 Å². The van der Waals surface area contributed by atoms with Gasteiger partial charge in [-0.05, 0) is 12.5 Å². The molecule has 0 aliphatic rings. The van der Waals surface area contributed by atoms with Gasteiger partial charge in [0.1, 0.15) is 0 Å². The molecular weight excluding hydrogens is 412 g/mol. The molecule has 0 bridgehead atoms. The van der Waals surface area contributed by atoms with Crippen molar-refractivity contribution >= 4 is 33.7 Å². The number of nitrogens with one attached hydrogen (secondary N) is 2. The molecule has 0 fully saturated rings. The summed E-state index contributed by atoms with van der Waals surface area (Å²) < 4.78 is 52.3. The van der Waals surface area contributed by atoms with E-state index in [1.54, 1.807) is 0 Å². The summed E-state index contributed by atoms with van der Waals surface area (Å²) in [7, 11) is -3.63. The van der Waals surface area contributed by atoms with E-state index >= 15 is 0 Å². The molecule has 154 valence electrons. The summed E-state index contributed by atoms with van der Waals surface area (Å²) >= 11 is 0.993. The number of nitrogens with zero attached hydrogens (tertiary/aromatic N) is 3. The summed E-state index contributed by atoms with van der Waals surface area (Å²) in [6, 6.07) is 3.52. The molecule has 1 aromatic heterocycles. The zero-order chi connectivity index (χ0) is 20.7. The van der Waals surface area contributed by atoms with E-state index in [1.165, 1.54) is 12.1 Å². The summed E-state index contributed by atoms with van der Waals surface area (Å²) in [5.41, 5.74) is 0.122. The first-order valence-corrected chi connectivity index (χ1v) is 11.3. The molecule has 28 heavy (non-hydrogen) atoms. The largest absolute Gasteiger partial charge is 0.394 e. The molecule has 0 saturated carbocycles. The lowest BCUT2D eigenvalue weighted by molar-refractivity contribution is 0.268. The minimum absolute atomic E-state index is 0.0315. The van der Waals surface area contributed by atoms with E-state index in [0.717, 1.165) is 30.5 Å². The van der Waals surface area contributed by atoms with E-state index in [0.29, 0.717) is 6.42 Å². The Morgan fingerprint density at radius 1 is 1.21 bits per heavy atom. The molecule has 0 saturated heterocycles. The van der Waals surface area contributed by atoms with E-state index in [-0.39, 0.29) is 41.0 Å². The van der Waals surface area contributed by atoms with E-state index in [9.17, 15) is 22.3 Å². The molecule has 0 aliphatic heterocycles. The predicted octanol–water partition coefficient (Wildman–Crippen LogP) is 2.39. The molecule has 0 spiro atoms. The van der Waals surface area contributed by atoms with Gasteiger partial charge < -0.3 is 10.4 Å². The van der Waals surface area contributed by atoms with Gasteiger partial charge in [0, 0.05) is 11.3 Å². The average Bonchev–Trinajstić information content (AvgIpc) is 2.61. The van der Waals surface area contributed by atoms with Crippen molar-refractivity contribution in [2.45, 2.75) is 36.7 Å². The first-order chi connectivity index (χ1) is 13.2. The van der Waals surface area contributed by atoms with Gasteiger partial charge in [0.25, 0.3) is 0 Å². The minimum atomic E-state index is -3.63. The van der Waals surface area contributed by atoms with Crippen LogP contribution < -0.4 is 10.0 Å². The number of hydrogen-bond acceptors (Lipinski definition) is 8. The minimum Gasteiger partial charge on any atom is -0.394 e. The molecule has 0 radical (unpaired) electrons. The van der Waals surface area contributed by atoms with Crippen LogP contribution in [0.1, 0.15) is 25.3 Å². The Bertz CT molecular complexity index is 915. The molecule has 0 amide bonds. The van der Waals surface area contributed by atoms with Crippen LogP contribution in [-0.4, -0.2) is 47.4 Å². The van der Waals surface area contributed by atoms with Crippen molar-refractivity contribution < 1.29 is 22.3 Å². The number of hydrogen-bond donors (Lipinski definition) is 3. The molecular formula is C16H21F2N5O3S2. The van der Waals surface area contributed by atoms with Crippen molar-refractivity contribution in [3.05, 3.63) is 35.4 Å². The van der Waals surface area contributed by atoms with Crippen molar-refractivity contribution in [2.75, 3.05) is 22.9 Å². The third-order valence-corrected chi connectivity index (χ3v) is 4.92. The fourth-order valence-electron chi connectivity index (χ4n) is 2.24. The Morgan fingerprint density at radius 2 is 1.93 bits per heavy atom. The first kappa shape index (κ1) is 22.2. The fraction of sp³-hybridized carbons (Fsp3) is 0.438. The number of sulfonamides is 1. The SMILES string of the molecule is CCC[C@H](CO)Nc1nc(NS(C)(=O)=O)nc(SCc2cccc(F)c2F)n1. The summed E-state index contributed by atoms with van der Waals surface area (Å²) in [6.45, 7) is 1.79. The lowest BCUT2D eigenvalue weighted by atomic mass is 10.2. The molecule has 1 heterocycles. The Morgan fingerprint density at radius 3 is 2.57 bits per heavy atom. The molecule has 1 atom stereocenters. The lowest BCUT2D eigenvalue weighted by Crippen LogP contribution is -2.25. The number of aliphatic hydroxyl groups is 1. The summed E-state index contributed by atoms with van der Waals surface area (Å²) in [5.74, 6) is -2.03. The predicted molar refractivity (Wildman–Crippen MR) is 104 cm³/mol. The van der Waals surface area contributed by atoms with Gasteiger partial charge >= 0.3 is 0 Å². The highest BCUT2D eigenvalue weighted by Gasteiger charge is 2.15. The molecule has 0 aliphatic carbocycles. The van der Waals surface area contributed by atoms with E-state index in [4.69, 9.17) is 0 Å². The number of aliphatic hydroxyl groups excluding tert-OH is 1. The smallest absolute Gasteiger partial charge is 0.242 e. The first-order valence-electron chi connectivity index (χ1n) is 8.38. The van der Waals surface area contributed by atoms with Crippen molar-refractivity contribution in [3.8, 4) is 0 Å². The van der Waals surface area contributed by atoms with Crippen LogP contribution in [0.4, 0.5) is 20.7 Å². The Kier molecular flexibility index (Phi) is 7.89. The van der Waals surface area contributed by atoms with Crippen LogP contribution >= 0.6 is 11.8 Å². The fourth-order valence-corrected chi connectivity index (χ4v) is 3.47. The quantitative estimate of drug-likeness (QED) is 0.489. The lowest BCUT2D eigenvalue weighted by Gasteiger charge is -2.16. The number of benzene rings is 1. The van der Waals surface area contributed by atoms with Gasteiger partial charge in [0.2, 0.25) is 21.9 Å². The maximum Gasteiger partial charge on any atom is 0.242 e. The zero-order valence-electron chi connectivity index (χ0n) is 15.3. The van der Waals surface area contributed by atoms with Crippen LogP contribution in [0.15, 0.2) is 23.4 Å². The summed E-state index contributed by atoms with van der Waals surface area (Å²) in [6.07, 6.45) is 2.40. The summed E-state index contributed by atoms with van der Waals surface area (Å²) in [5, 5.41) is 12.5. The average molecular weight is 434 g/mol. The molecule has 2 aromatic rings. The molecule has 2 rings (SSSR count). The standard InChI is InChI=1S/C16H21F2N5O3S2/c1-3-5-11(8-24)19-14-20-15(23-28(2,25)26)22-16(21-14)27-9-10-6-4-7-12(17)13(10)18/h4,6-7,11,24H,3,5,8-9H2,1-2H3,(H2,19,20,21,22,23)/t11-/m1/s1. The van der Waals surface area contributed by atoms with Crippen LogP contribution in [0.5, 0.6) is 0 Å². The van der Waals surface area contributed by atoms with Gasteiger partial charge in [-0.15, -0.1) is 0 Å². The van der Waals surface area contributed by atoms with Crippen molar-refractivity contribution in [1.29, 1.82) is 0 Å². The van der Waals surface area contributed by atoms with Crippen LogP contribution in [0.3, 0.4) is 0 Å². The van der Waals surface area contributed by atoms with Crippen molar-refractivity contribution in [1.82, 2.24) is 15.0 Å². The van der Waals surface area contributed by atoms with Crippen molar-refractivity contribution in [3.63, 3.8) is 0 Å². The Hall–Kier alpha value is -2.05. The molecule has 1 aromatic carbocycles. The Labute approximate surface area is 166 Å². The molecule has 3 N–H and O–H groups in total. The van der Waals surface area contributed by atoms with Gasteiger partial charge in [-0.2, -0.15) is 15.0 Å². The van der Waals surface area contributed by atoms with Crippen LogP contribution in [-0.2, 0) is 15.8 Å². The molecule has 12 heteroatoms. The number of anilines is 2. The van der Waals surface area contributed by atoms with Crippen molar-refractivity contribution in [2.24, 2.45) is 0 Å². The van der Waals surface area contributed by atoms with Gasteiger partial charge in [-0.25, -0.2) is 17.2 Å². The third-order valence-electron chi connectivity index (χ3n) is 3.47. The second kappa shape index (κ2) is 9.94. The van der Waals surface area contributed by atoms with E-state index < -0.39 is 21.7 Å². The zero-order valence-corrected chi connectivity index (χ0v) is 16.9. The maximum absolute atomic E-state index is 13.8. The van der Waals surface area contributed by atoms with E-state index in [2.05, 4.69) is 25.0 Å². The summed E-state index contributed by atoms with van der Waals surface area (Å²) in [4.78, 5) is 12.2. The number of halogens is 2. The number of rotatable bonds is 10. The van der Waals surface area contributed by atoms with Crippen LogP contribution in [0.25, 0.3) is 0 Å². The van der Waals surface area contributed by atoms with Gasteiger partial charge in [0.15, 0.2) is 16.8 Å². The maximum atomic E-state index is 13.8. The van der Waals surface area contributed by atoms with E-state index in [1.807, 2.05) is 6.92 Å². The van der Waals surface area contributed by atoms with Gasteiger partial charge in [-0.1, -0.05) is 37.2 Å². The highest BCUT2D eigenvalue weighted by Crippen LogP contribution is 2.24. The molecule has 0 unspecified atom stereocenters. The second-order valence-electron chi connectivity index (χ2n) is 5.95. The molecule has 8 nitrogen and oxygen atoms in total. The Balaban J connectivity index is 2.26. The highest BCUT2D eigenvalue weighted by molar-refractivity contribution is 7.98. The number of aromatic nitrogens is 3.